The van der Waals surface area contributed by atoms with Gasteiger partial charge in [-0.1, -0.05) is 0 Å². The van der Waals surface area contributed by atoms with Gasteiger partial charge in [-0.15, -0.1) is 0 Å². The minimum absolute atomic E-state index is 0.0143. The maximum Gasteiger partial charge on any atom is 0.295 e. The van der Waals surface area contributed by atoms with Crippen LogP contribution in [0.15, 0.2) is 35.9 Å². The molecule has 1 unspecified atom stereocenters. The minimum atomic E-state index is -0.860. The molecule has 0 aliphatic carbocycles. The number of hydrogen-bond acceptors (Lipinski definition) is 9. The van der Waals surface area contributed by atoms with Gasteiger partial charge in [0, 0.05) is 18.7 Å². The fourth-order valence-corrected chi connectivity index (χ4v) is 5.17. The highest BCUT2D eigenvalue weighted by Crippen LogP contribution is 2.46. The highest BCUT2D eigenvalue weighted by Gasteiger charge is 2.46. The Kier molecular flexibility index (Phi) is 6.84. The van der Waals surface area contributed by atoms with Crippen molar-refractivity contribution >= 4 is 17.4 Å². The molecule has 1 N–H and O–H groups in total. The van der Waals surface area contributed by atoms with Gasteiger partial charge in [0.1, 0.15) is 5.76 Å². The number of likely N-dealkylation sites (tertiary alicyclic amines) is 2. The first kappa shape index (κ1) is 24.8. The average Bonchev–Trinajstić information content (AvgIpc) is 3.66. The Bertz CT molecular complexity index is 1230. The van der Waals surface area contributed by atoms with E-state index in [1.807, 2.05) is 0 Å². The summed E-state index contributed by atoms with van der Waals surface area (Å²) in [4.78, 5) is 30.5. The van der Waals surface area contributed by atoms with Crippen LogP contribution in [0.25, 0.3) is 5.76 Å². The number of carbonyl (C=O) groups is 2. The van der Waals surface area contributed by atoms with E-state index in [0.29, 0.717) is 53.0 Å². The van der Waals surface area contributed by atoms with Gasteiger partial charge in [-0.2, -0.15) is 0 Å². The normalized spacial score (nSPS) is 20.5. The summed E-state index contributed by atoms with van der Waals surface area (Å²) >= 11 is 0. The van der Waals surface area contributed by atoms with Crippen molar-refractivity contribution in [3.63, 3.8) is 0 Å². The second kappa shape index (κ2) is 10.2. The quantitative estimate of drug-likeness (QED) is 0.326. The summed E-state index contributed by atoms with van der Waals surface area (Å²) in [6, 6.07) is 7.44. The van der Waals surface area contributed by atoms with Crippen LogP contribution in [0.3, 0.4) is 0 Å². The minimum Gasteiger partial charge on any atom is -0.507 e. The van der Waals surface area contributed by atoms with E-state index in [9.17, 15) is 14.7 Å². The van der Waals surface area contributed by atoms with Crippen LogP contribution >= 0.6 is 0 Å². The molecule has 0 aromatic heterocycles. The first-order valence-electron chi connectivity index (χ1n) is 12.2. The SMILES string of the molecule is COc1cc(C2C(=C(O)c3ccc4c(c3)OCO4)C(=O)C(=O)N2CCN2CCCC2)cc(OC)c1OC. The summed E-state index contributed by atoms with van der Waals surface area (Å²) in [5.74, 6) is 0.434. The number of ketones is 1. The van der Waals surface area contributed by atoms with Gasteiger partial charge in [-0.05, 0) is 61.8 Å². The third kappa shape index (κ3) is 4.42. The van der Waals surface area contributed by atoms with Gasteiger partial charge < -0.3 is 38.6 Å². The second-order valence-electron chi connectivity index (χ2n) is 9.07. The van der Waals surface area contributed by atoms with Crippen molar-refractivity contribution in [1.82, 2.24) is 9.80 Å². The van der Waals surface area contributed by atoms with Gasteiger partial charge in [-0.25, -0.2) is 0 Å². The van der Waals surface area contributed by atoms with E-state index in [1.54, 1.807) is 30.3 Å². The summed E-state index contributed by atoms with van der Waals surface area (Å²) in [6.07, 6.45) is 2.22. The van der Waals surface area contributed by atoms with Crippen molar-refractivity contribution in [3.05, 3.63) is 47.0 Å². The van der Waals surface area contributed by atoms with Gasteiger partial charge in [0.05, 0.1) is 32.9 Å². The lowest BCUT2D eigenvalue weighted by Gasteiger charge is -2.28. The number of amides is 1. The van der Waals surface area contributed by atoms with Crippen molar-refractivity contribution in [1.29, 1.82) is 0 Å². The van der Waals surface area contributed by atoms with Crippen LogP contribution in [-0.2, 0) is 9.59 Å². The van der Waals surface area contributed by atoms with Crippen molar-refractivity contribution in [3.8, 4) is 28.7 Å². The molecule has 1 atom stereocenters. The molecule has 3 aliphatic heterocycles. The molecule has 0 saturated carbocycles. The average molecular weight is 511 g/mol. The van der Waals surface area contributed by atoms with Crippen molar-refractivity contribution < 1.29 is 38.4 Å². The maximum atomic E-state index is 13.4. The van der Waals surface area contributed by atoms with Gasteiger partial charge in [0.25, 0.3) is 11.7 Å². The van der Waals surface area contributed by atoms with Crippen molar-refractivity contribution in [2.24, 2.45) is 0 Å². The molecule has 3 heterocycles. The molecule has 2 aromatic carbocycles. The molecule has 10 heteroatoms. The highest BCUT2D eigenvalue weighted by atomic mass is 16.7. The van der Waals surface area contributed by atoms with E-state index in [4.69, 9.17) is 23.7 Å². The smallest absolute Gasteiger partial charge is 0.295 e. The van der Waals surface area contributed by atoms with Crippen molar-refractivity contribution in [2.45, 2.75) is 18.9 Å². The lowest BCUT2D eigenvalue weighted by molar-refractivity contribution is -0.140. The Morgan fingerprint density at radius 2 is 1.62 bits per heavy atom. The number of rotatable bonds is 8. The van der Waals surface area contributed by atoms with Crippen LogP contribution in [0.4, 0.5) is 0 Å². The standard InChI is InChI=1S/C27H30N2O8/c1-33-20-13-17(14-21(34-2)26(20)35-3)23-22(24(30)16-6-7-18-19(12-16)37-15-36-18)25(31)27(32)29(23)11-10-28-8-4-5-9-28/h6-7,12-14,23,30H,4-5,8-11,15H2,1-3H3. The molecule has 2 saturated heterocycles. The van der Waals surface area contributed by atoms with E-state index in [1.165, 1.54) is 26.2 Å². The van der Waals surface area contributed by atoms with Crippen molar-refractivity contribution in [2.75, 3.05) is 54.3 Å². The summed E-state index contributed by atoms with van der Waals surface area (Å²) in [5.41, 5.74) is 0.885. The number of carbonyl (C=O) groups excluding carboxylic acids is 2. The largest absolute Gasteiger partial charge is 0.507 e. The molecule has 0 spiro atoms. The van der Waals surface area contributed by atoms with Crippen LogP contribution in [-0.4, -0.2) is 80.9 Å². The summed E-state index contributed by atoms with van der Waals surface area (Å²) in [5, 5.41) is 11.4. The molecule has 0 bridgehead atoms. The highest BCUT2D eigenvalue weighted by molar-refractivity contribution is 6.46. The first-order chi connectivity index (χ1) is 18.0. The predicted octanol–water partition coefficient (Wildman–Crippen LogP) is 2.96. The summed E-state index contributed by atoms with van der Waals surface area (Å²) in [6.45, 7) is 2.93. The predicted molar refractivity (Wildman–Crippen MR) is 133 cm³/mol. The van der Waals surface area contributed by atoms with Gasteiger partial charge >= 0.3 is 0 Å². The zero-order valence-electron chi connectivity index (χ0n) is 21.1. The number of nitrogens with zero attached hydrogens (tertiary/aromatic N) is 2. The Hall–Kier alpha value is -3.92. The molecule has 2 fully saturated rings. The zero-order chi connectivity index (χ0) is 26.1. The molecule has 3 aliphatic rings. The molecule has 1 amide bonds. The van der Waals surface area contributed by atoms with Gasteiger partial charge in [0.2, 0.25) is 12.5 Å². The number of fused-ring (bicyclic) bond motifs is 1. The van der Waals surface area contributed by atoms with E-state index in [0.717, 1.165) is 25.9 Å². The lowest BCUT2D eigenvalue weighted by Crippen LogP contribution is -2.37. The van der Waals surface area contributed by atoms with Crippen LogP contribution in [0.2, 0.25) is 0 Å². The van der Waals surface area contributed by atoms with Crippen LogP contribution in [0, 0.1) is 0 Å². The van der Waals surface area contributed by atoms with Gasteiger partial charge in [-0.3, -0.25) is 9.59 Å². The van der Waals surface area contributed by atoms with Crippen LogP contribution < -0.4 is 23.7 Å². The number of aliphatic hydroxyl groups excluding tert-OH is 1. The Balaban J connectivity index is 1.63. The number of Topliss-reactive ketones (excluding diaryl/α,β-unsaturated/α-hetero) is 1. The molecule has 5 rings (SSSR count). The Morgan fingerprint density at radius 1 is 0.946 bits per heavy atom. The molecule has 2 aromatic rings. The zero-order valence-corrected chi connectivity index (χ0v) is 21.1. The fraction of sp³-hybridized carbons (Fsp3) is 0.407. The summed E-state index contributed by atoms with van der Waals surface area (Å²) < 4.78 is 27.3. The van der Waals surface area contributed by atoms with E-state index in [-0.39, 0.29) is 18.1 Å². The molecule has 0 radical (unpaired) electrons. The number of aliphatic hydroxyl groups is 1. The van der Waals surface area contributed by atoms with E-state index >= 15 is 0 Å². The Morgan fingerprint density at radius 3 is 2.27 bits per heavy atom. The first-order valence-corrected chi connectivity index (χ1v) is 12.2. The van der Waals surface area contributed by atoms with Crippen LogP contribution in [0.5, 0.6) is 28.7 Å². The monoisotopic (exact) mass is 510 g/mol. The third-order valence-corrected chi connectivity index (χ3v) is 7.04. The molecular weight excluding hydrogens is 480 g/mol. The Labute approximate surface area is 214 Å². The maximum absolute atomic E-state index is 13.4. The molecule has 10 nitrogen and oxygen atoms in total. The number of methoxy groups -OCH3 is 3. The molecule has 37 heavy (non-hydrogen) atoms. The topological polar surface area (TPSA) is 107 Å². The van der Waals surface area contributed by atoms with Gasteiger partial charge in [0.15, 0.2) is 23.0 Å². The molecular formula is C27H30N2O8. The number of ether oxygens (including phenoxy) is 5. The third-order valence-electron chi connectivity index (χ3n) is 7.04. The van der Waals surface area contributed by atoms with E-state index in [2.05, 4.69) is 4.90 Å². The fourth-order valence-electron chi connectivity index (χ4n) is 5.17. The van der Waals surface area contributed by atoms with Crippen LogP contribution in [0.1, 0.15) is 30.0 Å². The lowest BCUT2D eigenvalue weighted by atomic mass is 9.94. The molecule has 196 valence electrons. The number of hydrogen-bond donors (Lipinski definition) is 1. The van der Waals surface area contributed by atoms with E-state index < -0.39 is 17.7 Å². The number of benzene rings is 2. The second-order valence-corrected chi connectivity index (χ2v) is 9.07. The summed E-state index contributed by atoms with van der Waals surface area (Å²) in [7, 11) is 4.50.